The van der Waals surface area contributed by atoms with Crippen molar-refractivity contribution in [2.75, 3.05) is 6.54 Å². The van der Waals surface area contributed by atoms with Gasteiger partial charge in [0.25, 0.3) is 5.91 Å². The number of nitrogens with one attached hydrogen (secondary N) is 1. The highest BCUT2D eigenvalue weighted by atomic mass is 16.5. The minimum atomic E-state index is -0.779. The molecular formula is C11H14N2O2. The van der Waals surface area contributed by atoms with E-state index in [4.69, 9.17) is 4.74 Å². The van der Waals surface area contributed by atoms with Crippen LogP contribution in [0.15, 0.2) is 36.5 Å². The molecule has 0 atom stereocenters. The molecule has 2 aliphatic heterocycles. The van der Waals surface area contributed by atoms with Gasteiger partial charge in [0.15, 0.2) is 5.60 Å². The number of carbonyl (C=O) groups excluding carboxylic acids is 1. The van der Waals surface area contributed by atoms with Crippen LogP contribution in [0.25, 0.3) is 0 Å². The Kier molecular flexibility index (Phi) is 2.26. The second-order valence-electron chi connectivity index (χ2n) is 4.01. The average Bonchev–Trinajstić information content (AvgIpc) is 2.23. The Morgan fingerprint density at radius 1 is 1.47 bits per heavy atom. The van der Waals surface area contributed by atoms with Gasteiger partial charge < -0.3 is 15.0 Å². The summed E-state index contributed by atoms with van der Waals surface area (Å²) in [6.07, 6.45) is 9.37. The predicted molar refractivity (Wildman–Crippen MR) is 56.4 cm³/mol. The van der Waals surface area contributed by atoms with E-state index in [-0.39, 0.29) is 5.91 Å². The number of carbonyl (C=O) groups is 1. The zero-order valence-electron chi connectivity index (χ0n) is 8.86. The summed E-state index contributed by atoms with van der Waals surface area (Å²) in [5, 5.41) is 2.81. The third-order valence-electron chi connectivity index (χ3n) is 2.38. The van der Waals surface area contributed by atoms with Gasteiger partial charge >= 0.3 is 0 Å². The molecule has 0 aliphatic carbocycles. The molecule has 0 bridgehead atoms. The van der Waals surface area contributed by atoms with E-state index in [1.54, 1.807) is 20.1 Å². The average molecular weight is 206 g/mol. The molecule has 15 heavy (non-hydrogen) atoms. The molecule has 0 saturated heterocycles. The molecule has 0 aromatic carbocycles. The fraction of sp³-hybridized carbons (Fsp3) is 0.364. The van der Waals surface area contributed by atoms with Gasteiger partial charge in [-0.2, -0.15) is 0 Å². The Bertz CT molecular complexity index is 367. The minimum Gasteiger partial charge on any atom is -0.482 e. The molecule has 0 aromatic heterocycles. The van der Waals surface area contributed by atoms with E-state index in [0.29, 0.717) is 5.82 Å². The SMILES string of the molecule is CC1(C)OC=C(N2C=CC=CC2)NC1=O. The van der Waals surface area contributed by atoms with Gasteiger partial charge in [-0.1, -0.05) is 12.2 Å². The number of allylic oxidation sites excluding steroid dienone is 2. The van der Waals surface area contributed by atoms with Crippen molar-refractivity contribution >= 4 is 5.91 Å². The quantitative estimate of drug-likeness (QED) is 0.698. The number of rotatable bonds is 1. The summed E-state index contributed by atoms with van der Waals surface area (Å²) in [6.45, 7) is 4.22. The number of hydrogen-bond acceptors (Lipinski definition) is 3. The first-order valence-corrected chi connectivity index (χ1v) is 4.89. The molecule has 80 valence electrons. The largest absolute Gasteiger partial charge is 0.482 e. The Labute approximate surface area is 88.9 Å². The van der Waals surface area contributed by atoms with Gasteiger partial charge in [-0.05, 0) is 19.9 Å². The van der Waals surface area contributed by atoms with Crippen LogP contribution in [-0.4, -0.2) is 23.0 Å². The Hall–Kier alpha value is -1.71. The highest BCUT2D eigenvalue weighted by Gasteiger charge is 2.33. The lowest BCUT2D eigenvalue weighted by molar-refractivity contribution is -0.139. The van der Waals surface area contributed by atoms with Crippen LogP contribution in [0.3, 0.4) is 0 Å². The molecule has 0 radical (unpaired) electrons. The molecule has 1 N–H and O–H groups in total. The number of ether oxygens (including phenoxy) is 1. The van der Waals surface area contributed by atoms with Gasteiger partial charge in [0.1, 0.15) is 12.1 Å². The third-order valence-corrected chi connectivity index (χ3v) is 2.38. The van der Waals surface area contributed by atoms with Crippen molar-refractivity contribution in [1.82, 2.24) is 10.2 Å². The van der Waals surface area contributed by atoms with E-state index in [1.165, 1.54) is 0 Å². The predicted octanol–water partition coefficient (Wildman–Crippen LogP) is 1.10. The standard InChI is InChI=1S/C11H14N2O2/c1-11(2)10(14)12-9(8-15-11)13-6-4-3-5-7-13/h3-6,8H,7H2,1-2H3,(H,12,14). The van der Waals surface area contributed by atoms with Crippen molar-refractivity contribution in [3.05, 3.63) is 36.5 Å². The van der Waals surface area contributed by atoms with E-state index in [1.807, 2.05) is 29.3 Å². The second-order valence-corrected chi connectivity index (χ2v) is 4.01. The topological polar surface area (TPSA) is 41.6 Å². The normalized spacial score (nSPS) is 23.2. The van der Waals surface area contributed by atoms with Gasteiger partial charge in [0.05, 0.1) is 0 Å². The lowest BCUT2D eigenvalue weighted by Gasteiger charge is -2.33. The van der Waals surface area contributed by atoms with E-state index in [2.05, 4.69) is 5.32 Å². The molecule has 2 rings (SSSR count). The van der Waals surface area contributed by atoms with Crippen LogP contribution in [-0.2, 0) is 9.53 Å². The Morgan fingerprint density at radius 2 is 2.27 bits per heavy atom. The van der Waals surface area contributed by atoms with Crippen LogP contribution in [0, 0.1) is 0 Å². The van der Waals surface area contributed by atoms with E-state index >= 15 is 0 Å². The molecule has 1 amide bonds. The first-order chi connectivity index (χ1) is 7.09. The van der Waals surface area contributed by atoms with Crippen LogP contribution in [0.1, 0.15) is 13.8 Å². The van der Waals surface area contributed by atoms with E-state index in [0.717, 1.165) is 6.54 Å². The zero-order valence-corrected chi connectivity index (χ0v) is 8.86. The Morgan fingerprint density at radius 3 is 2.87 bits per heavy atom. The number of hydrogen-bond donors (Lipinski definition) is 1. The molecular weight excluding hydrogens is 192 g/mol. The lowest BCUT2D eigenvalue weighted by Crippen LogP contribution is -2.49. The van der Waals surface area contributed by atoms with Gasteiger partial charge in [-0.25, -0.2) is 0 Å². The lowest BCUT2D eigenvalue weighted by atomic mass is 10.1. The minimum absolute atomic E-state index is 0.122. The monoisotopic (exact) mass is 206 g/mol. The summed E-state index contributed by atoms with van der Waals surface area (Å²) >= 11 is 0. The molecule has 2 heterocycles. The molecule has 4 nitrogen and oxygen atoms in total. The maximum Gasteiger partial charge on any atom is 0.269 e. The molecule has 0 unspecified atom stereocenters. The molecule has 0 saturated carbocycles. The van der Waals surface area contributed by atoms with Gasteiger partial charge in [0, 0.05) is 12.7 Å². The number of amides is 1. The van der Waals surface area contributed by atoms with Crippen LogP contribution < -0.4 is 5.32 Å². The van der Waals surface area contributed by atoms with E-state index < -0.39 is 5.60 Å². The van der Waals surface area contributed by atoms with Crippen LogP contribution >= 0.6 is 0 Å². The Balaban J connectivity index is 2.13. The fourth-order valence-electron chi connectivity index (χ4n) is 1.34. The molecule has 0 fully saturated rings. The number of nitrogens with zero attached hydrogens (tertiary/aromatic N) is 1. The maximum atomic E-state index is 11.6. The van der Waals surface area contributed by atoms with Crippen molar-refractivity contribution in [1.29, 1.82) is 0 Å². The van der Waals surface area contributed by atoms with Crippen LogP contribution in [0.4, 0.5) is 0 Å². The van der Waals surface area contributed by atoms with Gasteiger partial charge in [-0.15, -0.1) is 0 Å². The van der Waals surface area contributed by atoms with Crippen molar-refractivity contribution in [3.63, 3.8) is 0 Å². The van der Waals surface area contributed by atoms with Crippen LogP contribution in [0.2, 0.25) is 0 Å². The zero-order chi connectivity index (χ0) is 10.9. The smallest absolute Gasteiger partial charge is 0.269 e. The summed E-state index contributed by atoms with van der Waals surface area (Å²) in [7, 11) is 0. The third kappa shape index (κ3) is 1.88. The highest BCUT2D eigenvalue weighted by Crippen LogP contribution is 2.18. The second kappa shape index (κ2) is 3.46. The molecule has 0 spiro atoms. The van der Waals surface area contributed by atoms with Crippen molar-refractivity contribution in [2.24, 2.45) is 0 Å². The molecule has 0 aromatic rings. The maximum absolute atomic E-state index is 11.6. The van der Waals surface area contributed by atoms with Crippen molar-refractivity contribution < 1.29 is 9.53 Å². The fourth-order valence-corrected chi connectivity index (χ4v) is 1.34. The summed E-state index contributed by atoms with van der Waals surface area (Å²) in [5.74, 6) is 0.558. The van der Waals surface area contributed by atoms with Crippen molar-refractivity contribution in [3.8, 4) is 0 Å². The van der Waals surface area contributed by atoms with Crippen molar-refractivity contribution in [2.45, 2.75) is 19.4 Å². The van der Waals surface area contributed by atoms with Crippen LogP contribution in [0.5, 0.6) is 0 Å². The molecule has 4 heteroatoms. The molecule has 2 aliphatic rings. The first kappa shape index (κ1) is 9.83. The van der Waals surface area contributed by atoms with Gasteiger partial charge in [-0.3, -0.25) is 4.79 Å². The summed E-state index contributed by atoms with van der Waals surface area (Å²) < 4.78 is 5.37. The van der Waals surface area contributed by atoms with Gasteiger partial charge in [0.2, 0.25) is 0 Å². The summed E-state index contributed by atoms with van der Waals surface area (Å²) in [6, 6.07) is 0. The highest BCUT2D eigenvalue weighted by molar-refractivity contribution is 5.86. The summed E-state index contributed by atoms with van der Waals surface area (Å²) in [5.41, 5.74) is -0.779. The first-order valence-electron chi connectivity index (χ1n) is 4.89. The summed E-state index contributed by atoms with van der Waals surface area (Å²) in [4.78, 5) is 13.5. The van der Waals surface area contributed by atoms with E-state index in [9.17, 15) is 4.79 Å².